The van der Waals surface area contributed by atoms with Gasteiger partial charge in [-0.2, -0.15) is 0 Å². The van der Waals surface area contributed by atoms with Gasteiger partial charge < -0.3 is 36.3 Å². The fourth-order valence-corrected chi connectivity index (χ4v) is 1.67. The monoisotopic (exact) mass is 409 g/mol. The Hall–Kier alpha value is -2.39. The Labute approximate surface area is 166 Å². The predicted molar refractivity (Wildman–Crippen MR) is 92.2 cm³/mol. The van der Waals surface area contributed by atoms with Crippen LogP contribution >= 0.6 is 0 Å². The third-order valence-corrected chi connectivity index (χ3v) is 2.61. The Bertz CT molecular complexity index is 551. The van der Waals surface area contributed by atoms with Gasteiger partial charge in [-0.15, -0.1) is 0 Å². The summed E-state index contributed by atoms with van der Waals surface area (Å²) < 4.78 is 19.4. The second-order valence-electron chi connectivity index (χ2n) is 5.27. The van der Waals surface area contributed by atoms with E-state index >= 15 is 0 Å². The van der Waals surface area contributed by atoms with Crippen molar-refractivity contribution in [3.63, 3.8) is 0 Å². The van der Waals surface area contributed by atoms with E-state index in [0.29, 0.717) is 6.54 Å². The molecule has 0 heterocycles. The third kappa shape index (κ3) is 15.6. The number of likely N-dealkylation sites (N-methyl/N-ethyl adjacent to an activating group) is 1. The average Bonchev–Trinajstić information content (AvgIpc) is 2.56. The van der Waals surface area contributed by atoms with Crippen molar-refractivity contribution >= 4 is 23.9 Å². The first-order valence-electron chi connectivity index (χ1n) is 8.14. The van der Waals surface area contributed by atoms with Crippen molar-refractivity contribution in [3.05, 3.63) is 24.3 Å². The van der Waals surface area contributed by atoms with Crippen molar-refractivity contribution in [1.29, 1.82) is 0 Å². The van der Waals surface area contributed by atoms with Gasteiger partial charge in [0.25, 0.3) is 0 Å². The standard InChI is InChI=1S/C17H25NO8.ClH.H2/c1-5-23-14(19)7-8-16(21)25-12-13(11-18(3)4)26-17(22)10-9-15(20)24-6-2;;/h7-10,13H,5-6,11-12H2,1-4H3;2*1H/b8-7+,10-9+;;. The number of hydrogen-bond donors (Lipinski definition) is 1. The minimum atomic E-state index is -0.769. The van der Waals surface area contributed by atoms with Gasteiger partial charge in [0.05, 0.1) is 27.3 Å². The van der Waals surface area contributed by atoms with E-state index in [9.17, 15) is 19.2 Å². The van der Waals surface area contributed by atoms with Gasteiger partial charge in [0.15, 0.2) is 6.10 Å². The van der Waals surface area contributed by atoms with E-state index in [0.717, 1.165) is 29.2 Å². The minimum absolute atomic E-state index is 0. The molecule has 0 rings (SSSR count). The molecule has 0 saturated heterocycles. The third-order valence-electron chi connectivity index (χ3n) is 2.61. The molecule has 0 spiro atoms. The normalized spacial score (nSPS) is 11.7. The summed E-state index contributed by atoms with van der Waals surface area (Å²) in [5.74, 6) is -2.85. The van der Waals surface area contributed by atoms with E-state index in [2.05, 4.69) is 9.47 Å². The fourth-order valence-electron chi connectivity index (χ4n) is 1.67. The molecule has 0 aromatic rings. The van der Waals surface area contributed by atoms with Crippen LogP contribution in [-0.4, -0.2) is 70.4 Å². The molecule has 0 amide bonds. The van der Waals surface area contributed by atoms with E-state index in [4.69, 9.17) is 9.47 Å². The Morgan fingerprint density at radius 2 is 1.22 bits per heavy atom. The molecule has 0 aliphatic carbocycles. The second kappa shape index (κ2) is 15.8. The van der Waals surface area contributed by atoms with Gasteiger partial charge in [0.1, 0.15) is 13.2 Å². The lowest BCUT2D eigenvalue weighted by atomic mass is 10.3. The summed E-state index contributed by atoms with van der Waals surface area (Å²) in [6, 6.07) is 0. The minimum Gasteiger partial charge on any atom is -1.00 e. The molecule has 156 valence electrons. The molecule has 0 aromatic carbocycles. The highest BCUT2D eigenvalue weighted by Gasteiger charge is 2.18. The Morgan fingerprint density at radius 1 is 0.815 bits per heavy atom. The second-order valence-corrected chi connectivity index (χ2v) is 5.27. The number of nitrogens with one attached hydrogen (secondary N) is 1. The van der Waals surface area contributed by atoms with Crippen LogP contribution in [0, 0.1) is 0 Å². The maximum absolute atomic E-state index is 11.7. The van der Waals surface area contributed by atoms with Gasteiger partial charge >= 0.3 is 23.9 Å². The Kier molecular flexibility index (Phi) is 15.7. The Balaban J connectivity index is -0.00000312. The molecule has 10 heteroatoms. The lowest BCUT2D eigenvalue weighted by molar-refractivity contribution is -0.861. The Morgan fingerprint density at radius 3 is 1.63 bits per heavy atom. The van der Waals surface area contributed by atoms with Gasteiger partial charge in [0, 0.05) is 25.7 Å². The summed E-state index contributed by atoms with van der Waals surface area (Å²) in [6.45, 7) is 3.85. The van der Waals surface area contributed by atoms with Gasteiger partial charge in [-0.25, -0.2) is 19.2 Å². The van der Waals surface area contributed by atoms with Crippen LogP contribution in [0.15, 0.2) is 24.3 Å². The van der Waals surface area contributed by atoms with Crippen molar-refractivity contribution in [2.75, 3.05) is 40.5 Å². The van der Waals surface area contributed by atoms with Gasteiger partial charge in [0.2, 0.25) is 0 Å². The van der Waals surface area contributed by atoms with Crippen molar-refractivity contribution < 1.29 is 56.9 Å². The number of carbonyl (C=O) groups excluding carboxylic acids is 4. The largest absolute Gasteiger partial charge is 1.00 e. The highest BCUT2D eigenvalue weighted by atomic mass is 35.5. The smallest absolute Gasteiger partial charge is 0.331 e. The highest BCUT2D eigenvalue weighted by molar-refractivity contribution is 5.92. The maximum Gasteiger partial charge on any atom is 0.331 e. The summed E-state index contributed by atoms with van der Waals surface area (Å²) in [7, 11) is 3.66. The topological polar surface area (TPSA) is 110 Å². The summed E-state index contributed by atoms with van der Waals surface area (Å²) in [4.78, 5) is 46.5. The molecule has 0 aromatic heterocycles. The molecule has 0 fully saturated rings. The van der Waals surface area contributed by atoms with Crippen molar-refractivity contribution in [3.8, 4) is 0 Å². The molecular formula is C17H28ClNO8. The van der Waals surface area contributed by atoms with Crippen molar-refractivity contribution in [1.82, 2.24) is 0 Å². The van der Waals surface area contributed by atoms with E-state index in [1.165, 1.54) is 0 Å². The molecule has 27 heavy (non-hydrogen) atoms. The molecule has 1 N–H and O–H groups in total. The number of hydrogen-bond acceptors (Lipinski definition) is 8. The SMILES string of the molecule is CCOC(=O)/C=C/C(=O)OCC(C[NH+](C)C)OC(=O)/C=C/C(=O)OCC.[Cl-].[HH]. The van der Waals surface area contributed by atoms with E-state index < -0.39 is 30.0 Å². The van der Waals surface area contributed by atoms with Crippen molar-refractivity contribution in [2.45, 2.75) is 20.0 Å². The zero-order valence-corrected chi connectivity index (χ0v) is 16.6. The lowest BCUT2D eigenvalue weighted by Crippen LogP contribution is -3.07. The van der Waals surface area contributed by atoms with E-state index in [1.807, 2.05) is 14.1 Å². The lowest BCUT2D eigenvalue weighted by Gasteiger charge is -2.18. The molecule has 0 aliphatic heterocycles. The van der Waals surface area contributed by atoms with Crippen LogP contribution < -0.4 is 17.3 Å². The zero-order chi connectivity index (χ0) is 19.9. The molecule has 9 nitrogen and oxygen atoms in total. The van der Waals surface area contributed by atoms with Crippen LogP contribution in [0.2, 0.25) is 0 Å². The van der Waals surface area contributed by atoms with E-state index in [-0.39, 0.29) is 33.7 Å². The van der Waals surface area contributed by atoms with Crippen LogP contribution in [-0.2, 0) is 38.1 Å². The summed E-state index contributed by atoms with van der Waals surface area (Å²) in [5.41, 5.74) is 0. The van der Waals surface area contributed by atoms with Crippen LogP contribution in [0.3, 0.4) is 0 Å². The summed E-state index contributed by atoms with van der Waals surface area (Å²) in [6.07, 6.45) is 3.06. The number of carbonyl (C=O) groups is 4. The highest BCUT2D eigenvalue weighted by Crippen LogP contribution is 1.96. The van der Waals surface area contributed by atoms with Crippen LogP contribution in [0.5, 0.6) is 0 Å². The van der Waals surface area contributed by atoms with Gasteiger partial charge in [-0.3, -0.25) is 0 Å². The summed E-state index contributed by atoms with van der Waals surface area (Å²) >= 11 is 0. The molecule has 0 radical (unpaired) electrons. The number of halogens is 1. The first-order valence-corrected chi connectivity index (χ1v) is 8.14. The van der Waals surface area contributed by atoms with Crippen LogP contribution in [0.25, 0.3) is 0 Å². The molecule has 1 atom stereocenters. The van der Waals surface area contributed by atoms with Gasteiger partial charge in [-0.05, 0) is 13.8 Å². The molecule has 0 bridgehead atoms. The van der Waals surface area contributed by atoms with Crippen molar-refractivity contribution in [2.24, 2.45) is 0 Å². The first-order chi connectivity index (χ1) is 12.3. The number of esters is 4. The first kappa shape index (κ1) is 26.8. The number of rotatable bonds is 11. The molecule has 1 unspecified atom stereocenters. The maximum atomic E-state index is 11.7. The van der Waals surface area contributed by atoms with E-state index in [1.54, 1.807) is 13.8 Å². The predicted octanol–water partition coefficient (Wildman–Crippen LogP) is -3.93. The number of ether oxygens (including phenoxy) is 4. The zero-order valence-electron chi connectivity index (χ0n) is 15.9. The fraction of sp³-hybridized carbons (Fsp3) is 0.529. The molecule has 0 aliphatic rings. The average molecular weight is 410 g/mol. The molecular weight excluding hydrogens is 382 g/mol. The van der Waals surface area contributed by atoms with Crippen LogP contribution in [0.1, 0.15) is 15.3 Å². The van der Waals surface area contributed by atoms with Crippen LogP contribution in [0.4, 0.5) is 0 Å². The number of quaternary nitrogens is 1. The molecule has 0 saturated carbocycles. The summed E-state index contributed by atoms with van der Waals surface area (Å²) in [5, 5.41) is 0. The quantitative estimate of drug-likeness (QED) is 0.209. The van der Waals surface area contributed by atoms with Gasteiger partial charge in [-0.1, -0.05) is 0 Å².